The SMILES string of the molecule is CC#C/C=C(\N=C/CN)N1CC(C)N(CC)C(C)C1. The Bertz CT molecular complexity index is 377. The fourth-order valence-electron chi connectivity index (χ4n) is 2.66. The van der Waals surface area contributed by atoms with Crippen molar-refractivity contribution < 1.29 is 0 Å². The molecule has 106 valence electrons. The molecular weight excluding hydrogens is 236 g/mol. The zero-order valence-electron chi connectivity index (χ0n) is 12.6. The van der Waals surface area contributed by atoms with Gasteiger partial charge in [0.25, 0.3) is 0 Å². The van der Waals surface area contributed by atoms with Crippen LogP contribution >= 0.6 is 0 Å². The summed E-state index contributed by atoms with van der Waals surface area (Å²) >= 11 is 0. The second kappa shape index (κ2) is 7.98. The Hall–Kier alpha value is -1.31. The Morgan fingerprint density at radius 2 is 2.00 bits per heavy atom. The van der Waals surface area contributed by atoms with Crippen molar-refractivity contribution in [3.05, 3.63) is 11.9 Å². The molecule has 4 nitrogen and oxygen atoms in total. The Kier molecular flexibility index (Phi) is 6.61. The molecule has 0 amide bonds. The third-order valence-corrected chi connectivity index (χ3v) is 3.47. The van der Waals surface area contributed by atoms with Gasteiger partial charge in [0, 0.05) is 44.0 Å². The van der Waals surface area contributed by atoms with E-state index in [1.165, 1.54) is 0 Å². The topological polar surface area (TPSA) is 44.9 Å². The highest BCUT2D eigenvalue weighted by atomic mass is 15.3. The van der Waals surface area contributed by atoms with E-state index in [-0.39, 0.29) is 0 Å². The number of nitrogens with two attached hydrogens (primary N) is 1. The van der Waals surface area contributed by atoms with Gasteiger partial charge in [-0.15, -0.1) is 5.92 Å². The van der Waals surface area contributed by atoms with E-state index in [0.717, 1.165) is 25.5 Å². The quantitative estimate of drug-likeness (QED) is 0.613. The highest BCUT2D eigenvalue weighted by Crippen LogP contribution is 2.19. The number of piperazine rings is 1. The van der Waals surface area contributed by atoms with Gasteiger partial charge in [0.2, 0.25) is 0 Å². The first-order valence-electron chi connectivity index (χ1n) is 6.99. The third-order valence-electron chi connectivity index (χ3n) is 3.47. The van der Waals surface area contributed by atoms with Crippen molar-refractivity contribution in [2.75, 3.05) is 26.2 Å². The predicted molar refractivity (Wildman–Crippen MR) is 82.0 cm³/mol. The van der Waals surface area contributed by atoms with Crippen LogP contribution in [0.25, 0.3) is 0 Å². The van der Waals surface area contributed by atoms with E-state index in [0.29, 0.717) is 18.6 Å². The molecule has 0 bridgehead atoms. The molecule has 1 aliphatic rings. The van der Waals surface area contributed by atoms with Gasteiger partial charge in [-0.05, 0) is 27.3 Å². The molecule has 4 heteroatoms. The first-order chi connectivity index (χ1) is 9.13. The third kappa shape index (κ3) is 4.38. The van der Waals surface area contributed by atoms with Crippen LogP contribution in [0.5, 0.6) is 0 Å². The molecule has 2 atom stereocenters. The van der Waals surface area contributed by atoms with Gasteiger partial charge in [-0.2, -0.15) is 0 Å². The summed E-state index contributed by atoms with van der Waals surface area (Å²) in [5, 5.41) is 0. The van der Waals surface area contributed by atoms with Crippen LogP contribution in [0.1, 0.15) is 27.7 Å². The number of likely N-dealkylation sites (N-methyl/N-ethyl adjacent to an activating group) is 1. The van der Waals surface area contributed by atoms with Crippen molar-refractivity contribution >= 4 is 6.21 Å². The van der Waals surface area contributed by atoms with Crippen LogP contribution in [0.4, 0.5) is 0 Å². The number of hydrogen-bond acceptors (Lipinski definition) is 4. The Labute approximate surface area is 117 Å². The molecular formula is C15H26N4. The average Bonchev–Trinajstić information content (AvgIpc) is 2.38. The normalized spacial score (nSPS) is 25.5. The summed E-state index contributed by atoms with van der Waals surface area (Å²) in [6.07, 6.45) is 3.62. The molecule has 1 fully saturated rings. The lowest BCUT2D eigenvalue weighted by Gasteiger charge is -2.44. The van der Waals surface area contributed by atoms with Gasteiger partial charge in [0.15, 0.2) is 0 Å². The van der Waals surface area contributed by atoms with E-state index in [2.05, 4.69) is 47.4 Å². The van der Waals surface area contributed by atoms with Gasteiger partial charge in [-0.3, -0.25) is 4.90 Å². The van der Waals surface area contributed by atoms with Crippen molar-refractivity contribution in [3.8, 4) is 11.8 Å². The van der Waals surface area contributed by atoms with Gasteiger partial charge in [-0.25, -0.2) is 4.99 Å². The molecule has 0 spiro atoms. The minimum atomic E-state index is 0.455. The molecule has 2 N–H and O–H groups in total. The molecule has 1 rings (SSSR count). The maximum Gasteiger partial charge on any atom is 0.136 e. The van der Waals surface area contributed by atoms with E-state index in [4.69, 9.17) is 5.73 Å². The Balaban J connectivity index is 2.86. The van der Waals surface area contributed by atoms with Gasteiger partial charge in [0.1, 0.15) is 5.82 Å². The molecule has 0 aromatic carbocycles. The van der Waals surface area contributed by atoms with Gasteiger partial charge >= 0.3 is 0 Å². The molecule has 0 aliphatic carbocycles. The number of hydrogen-bond donors (Lipinski definition) is 1. The molecule has 1 aliphatic heterocycles. The fourth-order valence-corrected chi connectivity index (χ4v) is 2.66. The Morgan fingerprint density at radius 1 is 1.37 bits per heavy atom. The molecule has 0 aromatic rings. The summed E-state index contributed by atoms with van der Waals surface area (Å²) in [7, 11) is 0. The Morgan fingerprint density at radius 3 is 2.47 bits per heavy atom. The zero-order chi connectivity index (χ0) is 14.3. The number of aliphatic imine (C=N–C) groups is 1. The van der Waals surface area contributed by atoms with Gasteiger partial charge in [0.05, 0.1) is 0 Å². The number of rotatable bonds is 4. The van der Waals surface area contributed by atoms with Crippen LogP contribution in [-0.2, 0) is 0 Å². The van der Waals surface area contributed by atoms with Crippen molar-refractivity contribution in [2.45, 2.75) is 39.8 Å². The van der Waals surface area contributed by atoms with E-state index >= 15 is 0 Å². The van der Waals surface area contributed by atoms with Gasteiger partial charge in [-0.1, -0.05) is 12.8 Å². The maximum atomic E-state index is 5.49. The molecule has 2 unspecified atom stereocenters. The molecule has 0 saturated carbocycles. The van der Waals surface area contributed by atoms with E-state index in [9.17, 15) is 0 Å². The molecule has 0 radical (unpaired) electrons. The smallest absolute Gasteiger partial charge is 0.136 e. The molecule has 1 heterocycles. The van der Waals surface area contributed by atoms with Crippen molar-refractivity contribution in [1.82, 2.24) is 9.80 Å². The summed E-state index contributed by atoms with van der Waals surface area (Å²) in [4.78, 5) is 9.26. The first-order valence-corrected chi connectivity index (χ1v) is 6.99. The lowest BCUT2D eigenvalue weighted by Crippen LogP contribution is -2.55. The number of allylic oxidation sites excluding steroid dienone is 1. The molecule has 1 saturated heterocycles. The second-order valence-electron chi connectivity index (χ2n) is 4.88. The minimum Gasteiger partial charge on any atom is -0.353 e. The van der Waals surface area contributed by atoms with Crippen LogP contribution in [0.15, 0.2) is 16.9 Å². The fraction of sp³-hybridized carbons (Fsp3) is 0.667. The van der Waals surface area contributed by atoms with Crippen molar-refractivity contribution in [1.29, 1.82) is 0 Å². The monoisotopic (exact) mass is 262 g/mol. The maximum absolute atomic E-state index is 5.49. The van der Waals surface area contributed by atoms with Gasteiger partial charge < -0.3 is 10.6 Å². The van der Waals surface area contributed by atoms with Crippen molar-refractivity contribution in [3.63, 3.8) is 0 Å². The molecule has 19 heavy (non-hydrogen) atoms. The summed E-state index contributed by atoms with van der Waals surface area (Å²) < 4.78 is 0. The lowest BCUT2D eigenvalue weighted by molar-refractivity contribution is 0.0605. The zero-order valence-corrected chi connectivity index (χ0v) is 12.6. The molecule has 0 aromatic heterocycles. The first kappa shape index (κ1) is 15.7. The lowest BCUT2D eigenvalue weighted by atomic mass is 10.1. The average molecular weight is 262 g/mol. The van der Waals surface area contributed by atoms with E-state index in [1.807, 2.05) is 13.0 Å². The largest absolute Gasteiger partial charge is 0.353 e. The van der Waals surface area contributed by atoms with Crippen LogP contribution in [0.2, 0.25) is 0 Å². The van der Waals surface area contributed by atoms with Crippen molar-refractivity contribution in [2.24, 2.45) is 10.7 Å². The van der Waals surface area contributed by atoms with Crippen LogP contribution in [0.3, 0.4) is 0 Å². The van der Waals surface area contributed by atoms with Crippen LogP contribution in [-0.4, -0.2) is 54.3 Å². The predicted octanol–water partition coefficient (Wildman–Crippen LogP) is 1.30. The van der Waals surface area contributed by atoms with Crippen LogP contribution < -0.4 is 5.73 Å². The summed E-state index contributed by atoms with van der Waals surface area (Å²) in [5.74, 6) is 6.80. The highest BCUT2D eigenvalue weighted by Gasteiger charge is 2.28. The van der Waals surface area contributed by atoms with E-state index < -0.39 is 0 Å². The summed E-state index contributed by atoms with van der Waals surface area (Å²) in [6.45, 7) is 12.1. The second-order valence-corrected chi connectivity index (χ2v) is 4.88. The van der Waals surface area contributed by atoms with Crippen LogP contribution in [0, 0.1) is 11.8 Å². The van der Waals surface area contributed by atoms with E-state index in [1.54, 1.807) is 6.21 Å². The number of nitrogens with zero attached hydrogens (tertiary/aromatic N) is 3. The minimum absolute atomic E-state index is 0.455. The summed E-state index contributed by atoms with van der Waals surface area (Å²) in [5.41, 5.74) is 5.49. The highest BCUT2D eigenvalue weighted by molar-refractivity contribution is 5.60. The standard InChI is InChI=1S/C15H26N4/c1-5-7-8-15(17-10-9-16)18-11-13(3)19(6-2)14(4)12-18/h8,10,13-14H,6,9,11-12,16H2,1-4H3/b15-8+,17-10-. The summed E-state index contributed by atoms with van der Waals surface area (Å²) in [6, 6.07) is 1.06.